The van der Waals surface area contributed by atoms with Crippen molar-refractivity contribution in [1.29, 1.82) is 0 Å². The van der Waals surface area contributed by atoms with Gasteiger partial charge in [-0.1, -0.05) is 12.1 Å². The van der Waals surface area contributed by atoms with Gasteiger partial charge in [0.25, 0.3) is 5.91 Å². The summed E-state index contributed by atoms with van der Waals surface area (Å²) < 4.78 is 1.78. The zero-order valence-corrected chi connectivity index (χ0v) is 10.7. The molecule has 1 aliphatic rings. The van der Waals surface area contributed by atoms with E-state index in [9.17, 15) is 4.79 Å². The fraction of sp³-hybridized carbons (Fsp3) is 0.750. The van der Waals surface area contributed by atoms with Crippen molar-refractivity contribution < 1.29 is 9.90 Å². The van der Waals surface area contributed by atoms with Crippen LogP contribution in [0.1, 0.15) is 42.4 Å². The molecule has 0 aliphatic heterocycles. The fourth-order valence-corrected chi connectivity index (χ4v) is 2.08. The lowest BCUT2D eigenvalue weighted by molar-refractivity contribution is 0.0994. The predicted octanol–water partition coefficient (Wildman–Crippen LogP) is 0.348. The molecule has 1 heterocycles. The molecule has 18 heavy (non-hydrogen) atoms. The Bertz CT molecular complexity index is 426. The molecule has 3 N–H and O–H groups in total. The number of hydrogen-bond acceptors (Lipinski definition) is 4. The monoisotopic (exact) mass is 252 g/mol. The summed E-state index contributed by atoms with van der Waals surface area (Å²) in [5.41, 5.74) is 6.48. The Kier molecular flexibility index (Phi) is 3.96. The van der Waals surface area contributed by atoms with Gasteiger partial charge in [-0.2, -0.15) is 0 Å². The van der Waals surface area contributed by atoms with Crippen LogP contribution in [0, 0.1) is 11.8 Å². The number of nitrogens with zero attached hydrogens (tertiary/aromatic N) is 3. The Morgan fingerprint density at radius 2 is 2.33 bits per heavy atom. The maximum Gasteiger partial charge on any atom is 0.271 e. The largest absolute Gasteiger partial charge is 0.396 e. The van der Waals surface area contributed by atoms with E-state index in [1.807, 2.05) is 6.92 Å². The van der Waals surface area contributed by atoms with Gasteiger partial charge in [-0.15, -0.1) is 5.10 Å². The number of aliphatic hydroxyl groups excluding tert-OH is 1. The number of rotatable bonds is 7. The van der Waals surface area contributed by atoms with Gasteiger partial charge in [0, 0.05) is 13.2 Å². The van der Waals surface area contributed by atoms with Gasteiger partial charge in [-0.3, -0.25) is 4.79 Å². The van der Waals surface area contributed by atoms with Gasteiger partial charge in [-0.05, 0) is 37.5 Å². The molecule has 0 aromatic carbocycles. The van der Waals surface area contributed by atoms with Gasteiger partial charge in [0.1, 0.15) is 0 Å². The van der Waals surface area contributed by atoms with Crippen molar-refractivity contribution >= 4 is 5.91 Å². The molecule has 1 aliphatic carbocycles. The molecule has 6 heteroatoms. The van der Waals surface area contributed by atoms with Crippen LogP contribution in [-0.4, -0.2) is 32.6 Å². The molecule has 0 saturated heterocycles. The topological polar surface area (TPSA) is 94.0 Å². The normalized spacial score (nSPS) is 16.8. The standard InChI is InChI=1S/C12H20N4O2/c1-8(4-5-17)7-16-10(6-9-2-3-9)11(12(13)18)14-15-16/h8-9,17H,2-7H2,1H3,(H2,13,18). The quantitative estimate of drug-likeness (QED) is 0.732. The average molecular weight is 252 g/mol. The molecule has 1 atom stereocenters. The van der Waals surface area contributed by atoms with Gasteiger partial charge >= 0.3 is 0 Å². The third-order valence-corrected chi connectivity index (χ3v) is 3.36. The second-order valence-electron chi connectivity index (χ2n) is 5.20. The summed E-state index contributed by atoms with van der Waals surface area (Å²) in [6.45, 7) is 2.88. The molecule has 0 bridgehead atoms. The molecule has 1 unspecified atom stereocenters. The van der Waals surface area contributed by atoms with Crippen molar-refractivity contribution in [1.82, 2.24) is 15.0 Å². The van der Waals surface area contributed by atoms with Crippen LogP contribution in [0.2, 0.25) is 0 Å². The first-order chi connectivity index (χ1) is 8.61. The van der Waals surface area contributed by atoms with Crippen LogP contribution in [0.4, 0.5) is 0 Å². The molecule has 2 rings (SSSR count). The number of hydrogen-bond donors (Lipinski definition) is 2. The molecular formula is C12H20N4O2. The van der Waals surface area contributed by atoms with Crippen molar-refractivity contribution in [3.63, 3.8) is 0 Å². The lowest BCUT2D eigenvalue weighted by Gasteiger charge is -2.12. The highest BCUT2D eigenvalue weighted by molar-refractivity contribution is 5.91. The number of aliphatic hydroxyl groups is 1. The first-order valence-electron chi connectivity index (χ1n) is 6.44. The van der Waals surface area contributed by atoms with Gasteiger partial charge < -0.3 is 10.8 Å². The van der Waals surface area contributed by atoms with E-state index in [1.165, 1.54) is 12.8 Å². The SMILES string of the molecule is CC(CCO)Cn1nnc(C(N)=O)c1CC1CC1. The molecule has 1 aromatic rings. The Morgan fingerprint density at radius 3 is 2.89 bits per heavy atom. The molecule has 0 spiro atoms. The summed E-state index contributed by atoms with van der Waals surface area (Å²) in [6, 6.07) is 0. The number of carbonyl (C=O) groups is 1. The smallest absolute Gasteiger partial charge is 0.271 e. The minimum absolute atomic E-state index is 0.163. The first kappa shape index (κ1) is 13.0. The van der Waals surface area contributed by atoms with Crippen molar-refractivity contribution in [2.24, 2.45) is 17.6 Å². The van der Waals surface area contributed by atoms with Gasteiger partial charge in [-0.25, -0.2) is 4.68 Å². The molecule has 1 aromatic heterocycles. The minimum atomic E-state index is -0.508. The third-order valence-electron chi connectivity index (χ3n) is 3.36. The summed E-state index contributed by atoms with van der Waals surface area (Å²) in [7, 11) is 0. The van der Waals surface area contributed by atoms with Crippen LogP contribution in [0.5, 0.6) is 0 Å². The maximum absolute atomic E-state index is 11.3. The Labute approximate surface area is 106 Å². The summed E-state index contributed by atoms with van der Waals surface area (Å²) in [5.74, 6) is 0.440. The van der Waals surface area contributed by atoms with E-state index >= 15 is 0 Å². The van der Waals surface area contributed by atoms with Gasteiger partial charge in [0.05, 0.1) is 5.69 Å². The van der Waals surface area contributed by atoms with Crippen molar-refractivity contribution in [3.8, 4) is 0 Å². The van der Waals surface area contributed by atoms with E-state index in [0.29, 0.717) is 30.5 Å². The highest BCUT2D eigenvalue weighted by Crippen LogP contribution is 2.33. The van der Waals surface area contributed by atoms with E-state index in [0.717, 1.165) is 12.1 Å². The number of carbonyl (C=O) groups excluding carboxylic acids is 1. The van der Waals surface area contributed by atoms with E-state index in [4.69, 9.17) is 10.8 Å². The molecule has 0 radical (unpaired) electrons. The maximum atomic E-state index is 11.3. The highest BCUT2D eigenvalue weighted by atomic mass is 16.3. The van der Waals surface area contributed by atoms with Crippen molar-refractivity contribution in [2.75, 3.05) is 6.61 Å². The van der Waals surface area contributed by atoms with Crippen LogP contribution in [0.15, 0.2) is 0 Å². The van der Waals surface area contributed by atoms with Crippen LogP contribution >= 0.6 is 0 Å². The van der Waals surface area contributed by atoms with Gasteiger partial charge in [0.2, 0.25) is 0 Å². The van der Waals surface area contributed by atoms with Crippen LogP contribution in [0.25, 0.3) is 0 Å². The van der Waals surface area contributed by atoms with Crippen molar-refractivity contribution in [2.45, 2.75) is 39.2 Å². The lowest BCUT2D eigenvalue weighted by Crippen LogP contribution is -2.17. The third kappa shape index (κ3) is 3.07. The van der Waals surface area contributed by atoms with Crippen LogP contribution < -0.4 is 5.73 Å². The van der Waals surface area contributed by atoms with E-state index in [2.05, 4.69) is 10.3 Å². The lowest BCUT2D eigenvalue weighted by atomic mass is 10.1. The van der Waals surface area contributed by atoms with Crippen LogP contribution in [-0.2, 0) is 13.0 Å². The summed E-state index contributed by atoms with van der Waals surface area (Å²) in [4.78, 5) is 11.3. The minimum Gasteiger partial charge on any atom is -0.396 e. The van der Waals surface area contributed by atoms with Crippen LogP contribution in [0.3, 0.4) is 0 Å². The number of aromatic nitrogens is 3. The van der Waals surface area contributed by atoms with Gasteiger partial charge in [0.15, 0.2) is 5.69 Å². The first-order valence-corrected chi connectivity index (χ1v) is 6.44. The summed E-state index contributed by atoms with van der Waals surface area (Å²) in [6.07, 6.45) is 3.96. The second-order valence-corrected chi connectivity index (χ2v) is 5.20. The number of amides is 1. The van der Waals surface area contributed by atoms with Crippen molar-refractivity contribution in [3.05, 3.63) is 11.4 Å². The summed E-state index contributed by atoms with van der Waals surface area (Å²) >= 11 is 0. The molecule has 100 valence electrons. The number of primary amides is 1. The summed E-state index contributed by atoms with van der Waals surface area (Å²) in [5, 5.41) is 16.8. The Morgan fingerprint density at radius 1 is 1.61 bits per heavy atom. The van der Waals surface area contributed by atoms with E-state index in [1.54, 1.807) is 4.68 Å². The average Bonchev–Trinajstić information content (AvgIpc) is 3.02. The second kappa shape index (κ2) is 5.48. The Hall–Kier alpha value is -1.43. The molecule has 1 amide bonds. The number of nitrogens with two attached hydrogens (primary N) is 1. The molecule has 1 saturated carbocycles. The molecule has 6 nitrogen and oxygen atoms in total. The van der Waals surface area contributed by atoms with E-state index < -0.39 is 5.91 Å². The Balaban J connectivity index is 2.14. The zero-order valence-electron chi connectivity index (χ0n) is 10.7. The fourth-order valence-electron chi connectivity index (χ4n) is 2.08. The highest BCUT2D eigenvalue weighted by Gasteiger charge is 2.27. The van der Waals surface area contributed by atoms with E-state index in [-0.39, 0.29) is 6.61 Å². The molecular weight excluding hydrogens is 232 g/mol. The molecule has 1 fully saturated rings. The zero-order chi connectivity index (χ0) is 13.1. The predicted molar refractivity (Wildman–Crippen MR) is 65.8 cm³/mol.